The predicted octanol–water partition coefficient (Wildman–Crippen LogP) is 2.68. The van der Waals surface area contributed by atoms with Crippen LogP contribution in [0.25, 0.3) is 0 Å². The molecule has 1 fully saturated rings. The first kappa shape index (κ1) is 12.4. The van der Waals surface area contributed by atoms with Gasteiger partial charge in [-0.3, -0.25) is 0 Å². The van der Waals surface area contributed by atoms with Crippen molar-refractivity contribution in [3.63, 3.8) is 0 Å². The van der Waals surface area contributed by atoms with Gasteiger partial charge in [0, 0.05) is 24.8 Å². The second-order valence-electron chi connectivity index (χ2n) is 5.28. The topological polar surface area (TPSA) is 15.3 Å². The molecule has 0 radical (unpaired) electrons. The third-order valence-corrected chi connectivity index (χ3v) is 3.65. The molecule has 1 aromatic carbocycles. The molecular weight excluding hydrogens is 208 g/mol. The Morgan fingerprint density at radius 1 is 1.18 bits per heavy atom. The van der Waals surface area contributed by atoms with Gasteiger partial charge < -0.3 is 10.2 Å². The normalized spacial score (nSPS) is 25.7. The molecule has 1 N–H and O–H groups in total. The lowest BCUT2D eigenvalue weighted by molar-refractivity contribution is 0.564. The number of hydrogen-bond donors (Lipinski definition) is 1. The first-order valence-corrected chi connectivity index (χ1v) is 6.77. The maximum atomic E-state index is 3.53. The summed E-state index contributed by atoms with van der Waals surface area (Å²) in [4.78, 5) is 2.53. The molecule has 2 heteroatoms. The standard InChI is InChI=1S/C15H24N2/c1-4-14-5-7-15(8-6-14)17-11-12(2)9-16-10-13(17)3/h5-8,12-13,16H,4,9-11H2,1-3H3. The summed E-state index contributed by atoms with van der Waals surface area (Å²) in [5, 5.41) is 3.53. The molecule has 0 amide bonds. The van der Waals surface area contributed by atoms with Gasteiger partial charge in [0.05, 0.1) is 0 Å². The summed E-state index contributed by atoms with van der Waals surface area (Å²) >= 11 is 0. The van der Waals surface area contributed by atoms with Crippen molar-refractivity contribution in [1.29, 1.82) is 0 Å². The van der Waals surface area contributed by atoms with Gasteiger partial charge in [0.15, 0.2) is 0 Å². The first-order chi connectivity index (χ1) is 8.20. The van der Waals surface area contributed by atoms with Crippen molar-refractivity contribution in [3.05, 3.63) is 29.8 Å². The average Bonchev–Trinajstić information content (AvgIpc) is 2.51. The number of benzene rings is 1. The van der Waals surface area contributed by atoms with Crippen LogP contribution in [0.4, 0.5) is 5.69 Å². The third-order valence-electron chi connectivity index (χ3n) is 3.65. The highest BCUT2D eigenvalue weighted by Crippen LogP contribution is 2.21. The van der Waals surface area contributed by atoms with Gasteiger partial charge in [-0.1, -0.05) is 26.0 Å². The molecule has 0 bridgehead atoms. The maximum absolute atomic E-state index is 3.53. The smallest absolute Gasteiger partial charge is 0.0386 e. The first-order valence-electron chi connectivity index (χ1n) is 6.77. The van der Waals surface area contributed by atoms with Crippen LogP contribution in [-0.4, -0.2) is 25.7 Å². The van der Waals surface area contributed by atoms with Gasteiger partial charge >= 0.3 is 0 Å². The number of nitrogens with zero attached hydrogens (tertiary/aromatic N) is 1. The summed E-state index contributed by atoms with van der Waals surface area (Å²) in [6, 6.07) is 9.63. The lowest BCUT2D eigenvalue weighted by Crippen LogP contribution is -2.37. The zero-order chi connectivity index (χ0) is 12.3. The van der Waals surface area contributed by atoms with Gasteiger partial charge in [-0.15, -0.1) is 0 Å². The molecule has 0 spiro atoms. The van der Waals surface area contributed by atoms with Crippen LogP contribution in [0.1, 0.15) is 26.3 Å². The zero-order valence-corrected chi connectivity index (χ0v) is 11.2. The molecule has 1 heterocycles. The van der Waals surface area contributed by atoms with Crippen LogP contribution in [0.5, 0.6) is 0 Å². The Bertz CT molecular complexity index is 344. The van der Waals surface area contributed by atoms with Crippen molar-refractivity contribution in [2.45, 2.75) is 33.2 Å². The van der Waals surface area contributed by atoms with Crippen molar-refractivity contribution < 1.29 is 0 Å². The number of aryl methyl sites for hydroxylation is 1. The summed E-state index contributed by atoms with van der Waals surface area (Å²) in [5.41, 5.74) is 2.78. The van der Waals surface area contributed by atoms with E-state index in [9.17, 15) is 0 Å². The molecule has 2 nitrogen and oxygen atoms in total. The monoisotopic (exact) mass is 232 g/mol. The van der Waals surface area contributed by atoms with E-state index >= 15 is 0 Å². The van der Waals surface area contributed by atoms with Crippen molar-refractivity contribution in [2.75, 3.05) is 24.5 Å². The Labute approximate surface area is 105 Å². The highest BCUT2D eigenvalue weighted by molar-refractivity contribution is 5.49. The van der Waals surface area contributed by atoms with E-state index in [0.717, 1.165) is 26.1 Å². The molecule has 1 aliphatic heterocycles. The summed E-state index contributed by atoms with van der Waals surface area (Å²) < 4.78 is 0. The molecule has 0 aromatic heterocycles. The van der Waals surface area contributed by atoms with Crippen LogP contribution in [0.15, 0.2) is 24.3 Å². The van der Waals surface area contributed by atoms with Crippen molar-refractivity contribution >= 4 is 5.69 Å². The number of hydrogen-bond acceptors (Lipinski definition) is 2. The fraction of sp³-hybridized carbons (Fsp3) is 0.600. The van der Waals surface area contributed by atoms with Crippen LogP contribution in [0.3, 0.4) is 0 Å². The molecule has 2 atom stereocenters. The highest BCUT2D eigenvalue weighted by Gasteiger charge is 2.20. The summed E-state index contributed by atoms with van der Waals surface area (Å²) in [6.45, 7) is 10.2. The quantitative estimate of drug-likeness (QED) is 0.843. The van der Waals surface area contributed by atoms with Gasteiger partial charge in [0.2, 0.25) is 0 Å². The molecule has 1 saturated heterocycles. The minimum Gasteiger partial charge on any atom is -0.367 e. The van der Waals surface area contributed by atoms with E-state index in [4.69, 9.17) is 0 Å². The summed E-state index contributed by atoms with van der Waals surface area (Å²) in [6.07, 6.45) is 1.12. The minimum absolute atomic E-state index is 0.576. The second kappa shape index (κ2) is 5.54. The largest absolute Gasteiger partial charge is 0.367 e. The van der Waals surface area contributed by atoms with Crippen LogP contribution in [-0.2, 0) is 6.42 Å². The Balaban J connectivity index is 2.17. The van der Waals surface area contributed by atoms with Crippen LogP contribution in [0.2, 0.25) is 0 Å². The van der Waals surface area contributed by atoms with Crippen LogP contribution in [0, 0.1) is 5.92 Å². The lowest BCUT2D eigenvalue weighted by Gasteiger charge is -2.30. The minimum atomic E-state index is 0.576. The molecule has 0 saturated carbocycles. The molecule has 2 unspecified atom stereocenters. The predicted molar refractivity (Wildman–Crippen MR) is 74.7 cm³/mol. The Morgan fingerprint density at radius 2 is 1.88 bits per heavy atom. The van der Waals surface area contributed by atoms with E-state index in [1.807, 2.05) is 0 Å². The fourth-order valence-corrected chi connectivity index (χ4v) is 2.51. The molecule has 0 aliphatic carbocycles. The van der Waals surface area contributed by atoms with E-state index in [0.29, 0.717) is 12.0 Å². The zero-order valence-electron chi connectivity index (χ0n) is 11.2. The van der Waals surface area contributed by atoms with Gasteiger partial charge in [0.1, 0.15) is 0 Å². The number of anilines is 1. The Hall–Kier alpha value is -1.02. The van der Waals surface area contributed by atoms with Crippen LogP contribution >= 0.6 is 0 Å². The fourth-order valence-electron chi connectivity index (χ4n) is 2.51. The van der Waals surface area contributed by atoms with E-state index in [-0.39, 0.29) is 0 Å². The highest BCUT2D eigenvalue weighted by atomic mass is 15.2. The summed E-state index contributed by atoms with van der Waals surface area (Å²) in [7, 11) is 0. The third kappa shape index (κ3) is 3.01. The Morgan fingerprint density at radius 3 is 2.53 bits per heavy atom. The molecule has 94 valence electrons. The van der Waals surface area contributed by atoms with Crippen molar-refractivity contribution in [2.24, 2.45) is 5.92 Å². The van der Waals surface area contributed by atoms with Crippen LogP contribution < -0.4 is 10.2 Å². The van der Waals surface area contributed by atoms with Gasteiger partial charge in [-0.05, 0) is 43.5 Å². The van der Waals surface area contributed by atoms with E-state index in [1.54, 1.807) is 0 Å². The number of nitrogens with one attached hydrogen (secondary N) is 1. The van der Waals surface area contributed by atoms with Gasteiger partial charge in [-0.25, -0.2) is 0 Å². The Kier molecular flexibility index (Phi) is 4.06. The molecule has 1 aliphatic rings. The van der Waals surface area contributed by atoms with E-state index in [1.165, 1.54) is 11.3 Å². The molecule has 1 aromatic rings. The average molecular weight is 232 g/mol. The van der Waals surface area contributed by atoms with Crippen molar-refractivity contribution in [1.82, 2.24) is 5.32 Å². The lowest BCUT2D eigenvalue weighted by atomic mass is 10.1. The van der Waals surface area contributed by atoms with E-state index in [2.05, 4.69) is 55.3 Å². The maximum Gasteiger partial charge on any atom is 0.0386 e. The molecular formula is C15H24N2. The van der Waals surface area contributed by atoms with E-state index < -0.39 is 0 Å². The SMILES string of the molecule is CCc1ccc(N2CC(C)CNCC2C)cc1. The van der Waals surface area contributed by atoms with Gasteiger partial charge in [0.25, 0.3) is 0 Å². The van der Waals surface area contributed by atoms with Crippen molar-refractivity contribution in [3.8, 4) is 0 Å². The van der Waals surface area contributed by atoms with Gasteiger partial charge in [-0.2, -0.15) is 0 Å². The number of rotatable bonds is 2. The second-order valence-corrected chi connectivity index (χ2v) is 5.28. The molecule has 17 heavy (non-hydrogen) atoms. The summed E-state index contributed by atoms with van der Waals surface area (Å²) in [5.74, 6) is 0.714. The molecule has 2 rings (SSSR count).